The summed E-state index contributed by atoms with van der Waals surface area (Å²) in [6.45, 7) is 8.64. The Balaban J connectivity index is 1.72. The molecule has 1 saturated heterocycles. The summed E-state index contributed by atoms with van der Waals surface area (Å²) in [7, 11) is -1.83. The lowest BCUT2D eigenvalue weighted by atomic mass is 9.98. The van der Waals surface area contributed by atoms with Crippen molar-refractivity contribution >= 4 is 15.9 Å². The molecule has 9 nitrogen and oxygen atoms in total. The van der Waals surface area contributed by atoms with Crippen LogP contribution in [0.4, 0.5) is 0 Å². The Labute approximate surface area is 172 Å². The summed E-state index contributed by atoms with van der Waals surface area (Å²) in [5.41, 5.74) is 2.32. The third-order valence-electron chi connectivity index (χ3n) is 5.47. The first kappa shape index (κ1) is 21.5. The van der Waals surface area contributed by atoms with Crippen LogP contribution >= 0.6 is 0 Å². The number of hydrogen-bond acceptors (Lipinski definition) is 5. The number of piperidine rings is 1. The molecule has 1 N–H and O–H groups in total. The zero-order valence-electron chi connectivity index (χ0n) is 17.7. The summed E-state index contributed by atoms with van der Waals surface area (Å²) < 4.78 is 31.0. The maximum atomic E-state index is 13.1. The van der Waals surface area contributed by atoms with Crippen LogP contribution in [0.1, 0.15) is 49.7 Å². The van der Waals surface area contributed by atoms with E-state index in [9.17, 15) is 13.2 Å². The largest absolute Gasteiger partial charge is 0.349 e. The molecule has 1 aliphatic heterocycles. The smallest absolute Gasteiger partial charge is 0.246 e. The van der Waals surface area contributed by atoms with Crippen molar-refractivity contribution in [3.63, 3.8) is 0 Å². The molecular weight excluding hydrogens is 392 g/mol. The molecule has 0 aromatic carbocycles. The molecule has 1 fully saturated rings. The molecule has 2 aromatic heterocycles. The highest BCUT2D eigenvalue weighted by molar-refractivity contribution is 7.89. The van der Waals surface area contributed by atoms with Crippen LogP contribution in [0.25, 0.3) is 0 Å². The average Bonchev–Trinajstić information content (AvgIpc) is 3.23. The Morgan fingerprint density at radius 3 is 2.59 bits per heavy atom. The van der Waals surface area contributed by atoms with Crippen molar-refractivity contribution in [3.8, 4) is 0 Å². The molecule has 0 aliphatic carbocycles. The highest BCUT2D eigenvalue weighted by atomic mass is 32.2. The van der Waals surface area contributed by atoms with E-state index in [1.165, 1.54) is 4.31 Å². The summed E-state index contributed by atoms with van der Waals surface area (Å²) in [4.78, 5) is 13.1. The maximum Gasteiger partial charge on any atom is 0.246 e. The number of rotatable bonds is 6. The monoisotopic (exact) mass is 422 g/mol. The molecule has 3 heterocycles. The van der Waals surface area contributed by atoms with E-state index in [0.717, 1.165) is 11.3 Å². The van der Waals surface area contributed by atoms with Gasteiger partial charge in [0.15, 0.2) is 0 Å². The van der Waals surface area contributed by atoms with Gasteiger partial charge in [0.25, 0.3) is 0 Å². The Morgan fingerprint density at radius 2 is 2.00 bits per heavy atom. The van der Waals surface area contributed by atoms with E-state index in [2.05, 4.69) is 15.5 Å². The quantitative estimate of drug-likeness (QED) is 0.761. The van der Waals surface area contributed by atoms with Crippen molar-refractivity contribution in [2.24, 2.45) is 13.0 Å². The highest BCUT2D eigenvalue weighted by Gasteiger charge is 2.35. The molecule has 2 aromatic rings. The van der Waals surface area contributed by atoms with Gasteiger partial charge in [-0.05, 0) is 40.5 Å². The lowest BCUT2D eigenvalue weighted by molar-refractivity contribution is -0.126. The molecular formula is C19H30N6O3S. The van der Waals surface area contributed by atoms with E-state index in [1.54, 1.807) is 22.5 Å². The fourth-order valence-corrected chi connectivity index (χ4v) is 5.57. The van der Waals surface area contributed by atoms with Crippen molar-refractivity contribution in [3.05, 3.63) is 29.3 Å². The highest BCUT2D eigenvalue weighted by Crippen LogP contribution is 2.26. The second-order valence-electron chi connectivity index (χ2n) is 7.71. The van der Waals surface area contributed by atoms with Gasteiger partial charge >= 0.3 is 0 Å². The average molecular weight is 423 g/mol. The summed E-state index contributed by atoms with van der Waals surface area (Å²) >= 11 is 0. The van der Waals surface area contributed by atoms with Gasteiger partial charge in [0.2, 0.25) is 15.9 Å². The maximum absolute atomic E-state index is 13.1. The van der Waals surface area contributed by atoms with Crippen molar-refractivity contribution in [1.82, 2.24) is 29.2 Å². The Morgan fingerprint density at radius 1 is 1.28 bits per heavy atom. The predicted molar refractivity (Wildman–Crippen MR) is 109 cm³/mol. The normalized spacial score (nSPS) is 19.3. The topological polar surface area (TPSA) is 102 Å². The van der Waals surface area contributed by atoms with Gasteiger partial charge in [-0.15, -0.1) is 0 Å². The van der Waals surface area contributed by atoms with Gasteiger partial charge in [0.05, 0.1) is 23.3 Å². The van der Waals surface area contributed by atoms with Crippen molar-refractivity contribution in [2.75, 3.05) is 13.1 Å². The van der Waals surface area contributed by atoms with Crippen molar-refractivity contribution in [1.29, 1.82) is 0 Å². The number of aryl methyl sites for hydroxylation is 4. The van der Waals surface area contributed by atoms with Gasteiger partial charge in [-0.3, -0.25) is 14.2 Å². The van der Waals surface area contributed by atoms with E-state index in [1.807, 2.05) is 34.0 Å². The fraction of sp³-hybridized carbons (Fsp3) is 0.632. The van der Waals surface area contributed by atoms with Crippen molar-refractivity contribution < 1.29 is 13.2 Å². The molecule has 0 saturated carbocycles. The number of amides is 1. The van der Waals surface area contributed by atoms with Crippen LogP contribution in [0.3, 0.4) is 0 Å². The summed E-state index contributed by atoms with van der Waals surface area (Å²) in [6, 6.07) is -0.187. The van der Waals surface area contributed by atoms with Gasteiger partial charge in [0, 0.05) is 44.6 Å². The summed E-state index contributed by atoms with van der Waals surface area (Å²) in [6.07, 6.45) is 4.79. The van der Waals surface area contributed by atoms with E-state index in [4.69, 9.17) is 0 Å². The van der Waals surface area contributed by atoms with Crippen LogP contribution in [0, 0.1) is 19.8 Å². The molecule has 1 aliphatic rings. The molecule has 0 spiro atoms. The molecule has 10 heteroatoms. The summed E-state index contributed by atoms with van der Waals surface area (Å²) in [5, 5.41) is 11.6. The number of hydrogen-bond donors (Lipinski definition) is 1. The Hall–Kier alpha value is -2.20. The van der Waals surface area contributed by atoms with E-state index in [-0.39, 0.29) is 29.3 Å². The van der Waals surface area contributed by atoms with Crippen LogP contribution in [0.5, 0.6) is 0 Å². The lowest BCUT2D eigenvalue weighted by Crippen LogP contribution is -2.45. The number of nitrogens with zero attached hydrogens (tertiary/aromatic N) is 5. The number of aromatic nitrogens is 4. The van der Waals surface area contributed by atoms with E-state index in [0.29, 0.717) is 31.6 Å². The molecule has 0 bridgehead atoms. The fourth-order valence-electron chi connectivity index (χ4n) is 3.88. The van der Waals surface area contributed by atoms with Gasteiger partial charge in [0.1, 0.15) is 4.90 Å². The Kier molecular flexibility index (Phi) is 6.13. The minimum atomic E-state index is -3.68. The molecule has 2 atom stereocenters. The van der Waals surface area contributed by atoms with Gasteiger partial charge in [-0.1, -0.05) is 0 Å². The van der Waals surface area contributed by atoms with Gasteiger partial charge in [-0.25, -0.2) is 8.42 Å². The molecule has 0 unspecified atom stereocenters. The second kappa shape index (κ2) is 8.27. The molecule has 29 heavy (non-hydrogen) atoms. The third kappa shape index (κ3) is 4.37. The van der Waals surface area contributed by atoms with Crippen LogP contribution in [-0.4, -0.2) is 51.3 Å². The van der Waals surface area contributed by atoms with E-state index >= 15 is 0 Å². The van der Waals surface area contributed by atoms with Crippen LogP contribution in [0.2, 0.25) is 0 Å². The van der Waals surface area contributed by atoms with Gasteiger partial charge in [-0.2, -0.15) is 14.5 Å². The number of sulfonamides is 1. The SMILES string of the molecule is CCn1cc(S(=O)(=O)N2CCC[C@H](C(=O)N[C@H](C)c3cn(C)nc3C)C2)c(C)n1. The Bertz CT molecular complexity index is 994. The zero-order chi connectivity index (χ0) is 21.3. The van der Waals surface area contributed by atoms with Crippen molar-refractivity contribution in [2.45, 2.75) is 58.0 Å². The molecule has 1 amide bonds. The number of carbonyl (C=O) groups excluding carboxylic acids is 1. The summed E-state index contributed by atoms with van der Waals surface area (Å²) in [5.74, 6) is -0.499. The van der Waals surface area contributed by atoms with Gasteiger partial charge < -0.3 is 5.32 Å². The first-order chi connectivity index (χ1) is 13.6. The van der Waals surface area contributed by atoms with Crippen LogP contribution < -0.4 is 5.32 Å². The zero-order valence-corrected chi connectivity index (χ0v) is 18.5. The standard InChI is InChI=1S/C19H30N6O3S/c1-6-24-12-18(15(4)22-24)29(27,28)25-9-7-8-16(10-25)19(26)20-13(2)17-11-23(5)21-14(17)3/h11-13,16H,6-10H2,1-5H3,(H,20,26)/t13-,16+/m1/s1. The minimum Gasteiger partial charge on any atom is -0.349 e. The first-order valence-corrected chi connectivity index (χ1v) is 11.4. The number of nitrogens with one attached hydrogen (secondary N) is 1. The minimum absolute atomic E-state index is 0.123. The second-order valence-corrected chi connectivity index (χ2v) is 9.62. The lowest BCUT2D eigenvalue weighted by Gasteiger charge is -2.31. The molecule has 0 radical (unpaired) electrons. The molecule has 3 rings (SSSR count). The first-order valence-electron chi connectivity index (χ1n) is 9.98. The van der Waals surface area contributed by atoms with E-state index < -0.39 is 10.0 Å². The predicted octanol–water partition coefficient (Wildman–Crippen LogP) is 1.53. The van der Waals surface area contributed by atoms with Crippen LogP contribution in [-0.2, 0) is 28.4 Å². The molecule has 160 valence electrons. The van der Waals surface area contributed by atoms with Crippen LogP contribution in [0.15, 0.2) is 17.3 Å². The third-order valence-corrected chi connectivity index (χ3v) is 7.44. The number of carbonyl (C=O) groups is 1.